The summed E-state index contributed by atoms with van der Waals surface area (Å²) in [5.41, 5.74) is 4.70. The lowest BCUT2D eigenvalue weighted by atomic mass is 10.0. The minimum absolute atomic E-state index is 1.07. The van der Waals surface area contributed by atoms with E-state index in [2.05, 4.69) is 39.8 Å². The second-order valence-electron chi connectivity index (χ2n) is 6.89. The summed E-state index contributed by atoms with van der Waals surface area (Å²) in [7, 11) is 0. The van der Waals surface area contributed by atoms with E-state index in [0.717, 1.165) is 57.5 Å². The molecule has 3 aromatic heterocycles. The van der Waals surface area contributed by atoms with Crippen LogP contribution in [0.1, 0.15) is 62.4 Å². The van der Waals surface area contributed by atoms with Crippen molar-refractivity contribution in [3.8, 4) is 9.88 Å². The number of thioether (sulfide) groups is 1. The maximum absolute atomic E-state index is 4.97. The second kappa shape index (κ2) is 8.82. The predicted octanol–water partition coefficient (Wildman–Crippen LogP) is 8.20. The zero-order valence-corrected chi connectivity index (χ0v) is 20.2. The van der Waals surface area contributed by atoms with E-state index in [1.807, 2.05) is 23.1 Å². The van der Waals surface area contributed by atoms with Crippen molar-refractivity contribution in [1.29, 1.82) is 0 Å². The lowest BCUT2D eigenvalue weighted by Gasteiger charge is -2.07. The van der Waals surface area contributed by atoms with E-state index in [4.69, 9.17) is 9.97 Å². The molecule has 2 nitrogen and oxygen atoms in total. The average Bonchev–Trinajstić information content (AvgIpc) is 3.36. The number of nitrogens with zero attached hydrogens (tertiary/aromatic N) is 2. The summed E-state index contributed by atoms with van der Waals surface area (Å²) in [5.74, 6) is 1.10. The summed E-state index contributed by atoms with van der Waals surface area (Å²) in [6, 6.07) is 2.33. The standard InChI is InChI=1S/C22H26N2S4/c1-5-13-9-10-17(25-12-15(13)7-3)19-23-21-22(27-19)24-20(28-21)18-11-14(6-2)16(8-4)26-18/h10-11H,5-9,12H2,1-4H3. The normalized spacial score (nSPS) is 15.4. The van der Waals surface area contributed by atoms with Gasteiger partial charge in [0.05, 0.1) is 4.88 Å². The molecule has 3 aromatic rings. The first kappa shape index (κ1) is 20.3. The van der Waals surface area contributed by atoms with E-state index >= 15 is 0 Å². The van der Waals surface area contributed by atoms with Gasteiger partial charge in [0.25, 0.3) is 0 Å². The van der Waals surface area contributed by atoms with E-state index in [1.54, 1.807) is 33.8 Å². The molecule has 0 aliphatic carbocycles. The van der Waals surface area contributed by atoms with Crippen molar-refractivity contribution in [3.63, 3.8) is 0 Å². The summed E-state index contributed by atoms with van der Waals surface area (Å²) in [5, 5.41) is 2.28. The van der Waals surface area contributed by atoms with Crippen molar-refractivity contribution >= 4 is 60.3 Å². The number of thiophene rings is 1. The molecule has 0 atom stereocenters. The molecule has 4 rings (SSSR count). The molecule has 148 valence electrons. The lowest BCUT2D eigenvalue weighted by molar-refractivity contribution is 0.953. The van der Waals surface area contributed by atoms with E-state index in [1.165, 1.54) is 20.2 Å². The maximum Gasteiger partial charge on any atom is 0.155 e. The fourth-order valence-corrected chi connectivity index (χ4v) is 8.23. The Hall–Kier alpha value is -0.950. The number of aryl methyl sites for hydroxylation is 2. The lowest BCUT2D eigenvalue weighted by Crippen LogP contribution is -1.91. The highest BCUT2D eigenvalue weighted by molar-refractivity contribution is 8.08. The fraction of sp³-hybridized carbons (Fsp3) is 0.455. The molecule has 0 amide bonds. The van der Waals surface area contributed by atoms with Gasteiger partial charge in [0.2, 0.25) is 0 Å². The van der Waals surface area contributed by atoms with E-state index < -0.39 is 0 Å². The van der Waals surface area contributed by atoms with Crippen LogP contribution in [0.5, 0.6) is 0 Å². The summed E-state index contributed by atoms with van der Waals surface area (Å²) in [6.45, 7) is 9.03. The molecule has 1 aliphatic heterocycles. The van der Waals surface area contributed by atoms with Crippen LogP contribution in [0, 0.1) is 0 Å². The minimum atomic E-state index is 1.07. The first-order valence-electron chi connectivity index (χ1n) is 10.1. The number of hydrogen-bond donors (Lipinski definition) is 0. The number of fused-ring (bicyclic) bond motifs is 1. The zero-order valence-electron chi connectivity index (χ0n) is 16.9. The summed E-state index contributed by atoms with van der Waals surface area (Å²) in [6.07, 6.45) is 7.98. The number of aromatic nitrogens is 2. The smallest absolute Gasteiger partial charge is 0.155 e. The number of rotatable bonds is 6. The van der Waals surface area contributed by atoms with Gasteiger partial charge in [-0.25, -0.2) is 9.97 Å². The SMILES string of the molecule is CCC1=C(CC)CSC(c2nc3sc(-c4cc(CC)c(CC)s4)nc3s2)=CC1. The monoisotopic (exact) mass is 446 g/mol. The van der Waals surface area contributed by atoms with Crippen molar-refractivity contribution in [1.82, 2.24) is 9.97 Å². The predicted molar refractivity (Wildman–Crippen MR) is 130 cm³/mol. The molecule has 0 saturated heterocycles. The van der Waals surface area contributed by atoms with Crippen molar-refractivity contribution in [2.45, 2.75) is 59.8 Å². The molecule has 0 spiro atoms. The van der Waals surface area contributed by atoms with Gasteiger partial charge < -0.3 is 0 Å². The summed E-state index contributed by atoms with van der Waals surface area (Å²) >= 11 is 7.35. The third-order valence-electron chi connectivity index (χ3n) is 5.29. The molecular weight excluding hydrogens is 421 g/mol. The molecule has 4 heterocycles. The third kappa shape index (κ3) is 3.89. The first-order chi connectivity index (χ1) is 13.7. The van der Waals surface area contributed by atoms with Gasteiger partial charge in [-0.3, -0.25) is 0 Å². The van der Waals surface area contributed by atoms with Crippen LogP contribution in [0.15, 0.2) is 23.3 Å². The minimum Gasteiger partial charge on any atom is -0.223 e. The Kier molecular flexibility index (Phi) is 6.40. The molecular formula is C22H26N2S4. The van der Waals surface area contributed by atoms with Crippen LogP contribution in [0.25, 0.3) is 24.5 Å². The Morgan fingerprint density at radius 1 is 0.821 bits per heavy atom. The van der Waals surface area contributed by atoms with Gasteiger partial charge >= 0.3 is 0 Å². The van der Waals surface area contributed by atoms with Gasteiger partial charge in [0, 0.05) is 15.5 Å². The Labute approximate surface area is 183 Å². The topological polar surface area (TPSA) is 25.8 Å². The van der Waals surface area contributed by atoms with Crippen LogP contribution in [0.4, 0.5) is 0 Å². The van der Waals surface area contributed by atoms with Gasteiger partial charge in [-0.1, -0.05) is 67.6 Å². The number of hydrogen-bond acceptors (Lipinski definition) is 6. The molecule has 1 aliphatic rings. The quantitative estimate of drug-likeness (QED) is 0.357. The van der Waals surface area contributed by atoms with Crippen molar-refractivity contribution in [2.24, 2.45) is 0 Å². The Balaban J connectivity index is 1.60. The van der Waals surface area contributed by atoms with Crippen molar-refractivity contribution < 1.29 is 0 Å². The van der Waals surface area contributed by atoms with E-state index in [9.17, 15) is 0 Å². The molecule has 0 saturated carbocycles. The van der Waals surface area contributed by atoms with Gasteiger partial charge in [-0.2, -0.15) is 0 Å². The van der Waals surface area contributed by atoms with Crippen LogP contribution < -0.4 is 0 Å². The van der Waals surface area contributed by atoms with Crippen LogP contribution in [-0.2, 0) is 12.8 Å². The number of thiazole rings is 2. The zero-order chi connectivity index (χ0) is 19.7. The molecule has 6 heteroatoms. The number of allylic oxidation sites excluding steroid dienone is 2. The van der Waals surface area contributed by atoms with Crippen LogP contribution in [0.3, 0.4) is 0 Å². The molecule has 0 fully saturated rings. The maximum atomic E-state index is 4.97. The molecule has 28 heavy (non-hydrogen) atoms. The summed E-state index contributed by atoms with van der Waals surface area (Å²) < 4.78 is 0. The van der Waals surface area contributed by atoms with Crippen LogP contribution >= 0.6 is 45.8 Å². The molecule has 0 aromatic carbocycles. The largest absolute Gasteiger partial charge is 0.223 e. The fourth-order valence-electron chi connectivity index (χ4n) is 3.60. The highest BCUT2D eigenvalue weighted by Crippen LogP contribution is 2.42. The Morgan fingerprint density at radius 3 is 2.18 bits per heavy atom. The van der Waals surface area contributed by atoms with Gasteiger partial charge in [-0.15, -0.1) is 23.1 Å². The molecule has 0 bridgehead atoms. The first-order valence-corrected chi connectivity index (χ1v) is 13.5. The second-order valence-corrected chi connectivity index (χ2v) is 11.0. The summed E-state index contributed by atoms with van der Waals surface area (Å²) in [4.78, 5) is 16.2. The van der Waals surface area contributed by atoms with Gasteiger partial charge in [0.1, 0.15) is 10.0 Å². The van der Waals surface area contributed by atoms with Crippen LogP contribution in [-0.4, -0.2) is 15.7 Å². The highest BCUT2D eigenvalue weighted by atomic mass is 32.2. The van der Waals surface area contributed by atoms with Crippen molar-refractivity contribution in [3.05, 3.63) is 38.7 Å². The van der Waals surface area contributed by atoms with Gasteiger partial charge in [-0.05, 0) is 43.7 Å². The van der Waals surface area contributed by atoms with Crippen LogP contribution in [0.2, 0.25) is 0 Å². The average molecular weight is 447 g/mol. The van der Waals surface area contributed by atoms with E-state index in [-0.39, 0.29) is 0 Å². The Morgan fingerprint density at radius 2 is 1.54 bits per heavy atom. The molecule has 0 radical (unpaired) electrons. The molecule has 0 unspecified atom stereocenters. The molecule has 0 N–H and O–H groups in total. The van der Waals surface area contributed by atoms with E-state index in [0.29, 0.717) is 0 Å². The highest BCUT2D eigenvalue weighted by Gasteiger charge is 2.19. The van der Waals surface area contributed by atoms with Gasteiger partial charge in [0.15, 0.2) is 9.66 Å². The Bertz CT molecular complexity index is 995. The van der Waals surface area contributed by atoms with Crippen molar-refractivity contribution in [2.75, 3.05) is 5.75 Å². The third-order valence-corrected chi connectivity index (χ3v) is 10.1.